The topological polar surface area (TPSA) is 55.6 Å². The van der Waals surface area contributed by atoms with Gasteiger partial charge in [0.2, 0.25) is 0 Å². The third kappa shape index (κ3) is 2.62. The molecular formula is C17H11FN5. The highest BCUT2D eigenvalue weighted by atomic mass is 19.1. The summed E-state index contributed by atoms with van der Waals surface area (Å²) in [5, 5.41) is 7.95. The summed E-state index contributed by atoms with van der Waals surface area (Å²) in [5.74, 6) is 0.141. The Balaban J connectivity index is 1.65. The largest absolute Gasteiger partial charge is 0.338 e. The summed E-state index contributed by atoms with van der Waals surface area (Å²) in [6.07, 6.45) is 7.87. The molecule has 0 aliphatic heterocycles. The van der Waals surface area contributed by atoms with E-state index in [4.69, 9.17) is 0 Å². The number of benzene rings is 1. The maximum atomic E-state index is 14.3. The average molecular weight is 304 g/mol. The molecule has 0 aliphatic carbocycles. The predicted molar refractivity (Wildman–Crippen MR) is 85.2 cm³/mol. The molecule has 0 spiro atoms. The van der Waals surface area contributed by atoms with E-state index in [1.165, 1.54) is 6.07 Å². The van der Waals surface area contributed by atoms with Gasteiger partial charge >= 0.3 is 0 Å². The SMILES string of the molecule is Fc1cc(-n2cccn2)ccc1Nc1cc2n[c]ccc2cn1. The molecule has 1 N–H and O–H groups in total. The summed E-state index contributed by atoms with van der Waals surface area (Å²) in [6.45, 7) is 0. The first-order chi connectivity index (χ1) is 11.3. The van der Waals surface area contributed by atoms with Gasteiger partial charge in [-0.1, -0.05) is 0 Å². The van der Waals surface area contributed by atoms with Crippen LogP contribution in [0.4, 0.5) is 15.9 Å². The lowest BCUT2D eigenvalue weighted by Gasteiger charge is -2.09. The van der Waals surface area contributed by atoms with E-state index in [0.29, 0.717) is 17.2 Å². The Morgan fingerprint density at radius 2 is 2.13 bits per heavy atom. The van der Waals surface area contributed by atoms with E-state index in [1.54, 1.807) is 53.6 Å². The van der Waals surface area contributed by atoms with Crippen molar-refractivity contribution >= 4 is 22.4 Å². The minimum Gasteiger partial charge on any atom is -0.338 e. The third-order valence-corrected chi connectivity index (χ3v) is 3.42. The monoisotopic (exact) mass is 304 g/mol. The second-order valence-corrected chi connectivity index (χ2v) is 4.94. The number of nitrogens with zero attached hydrogens (tertiary/aromatic N) is 4. The molecule has 4 aromatic rings. The number of fused-ring (bicyclic) bond motifs is 1. The Morgan fingerprint density at radius 1 is 1.17 bits per heavy atom. The van der Waals surface area contributed by atoms with Gasteiger partial charge in [0, 0.05) is 36.1 Å². The van der Waals surface area contributed by atoms with E-state index in [-0.39, 0.29) is 5.82 Å². The zero-order valence-electron chi connectivity index (χ0n) is 11.9. The Morgan fingerprint density at radius 3 is 2.96 bits per heavy atom. The van der Waals surface area contributed by atoms with Gasteiger partial charge in [-0.25, -0.2) is 19.0 Å². The molecule has 5 nitrogen and oxygen atoms in total. The van der Waals surface area contributed by atoms with Gasteiger partial charge in [-0.05, 0) is 30.3 Å². The molecule has 0 fully saturated rings. The summed E-state index contributed by atoms with van der Waals surface area (Å²) in [4.78, 5) is 8.41. The van der Waals surface area contributed by atoms with E-state index in [9.17, 15) is 4.39 Å². The molecule has 0 amide bonds. The molecule has 4 rings (SSSR count). The lowest BCUT2D eigenvalue weighted by Crippen LogP contribution is -1.99. The number of aromatic nitrogens is 4. The highest BCUT2D eigenvalue weighted by Gasteiger charge is 2.07. The first-order valence-corrected chi connectivity index (χ1v) is 6.99. The second kappa shape index (κ2) is 5.49. The van der Waals surface area contributed by atoms with Crippen molar-refractivity contribution in [1.82, 2.24) is 19.7 Å². The summed E-state index contributed by atoms with van der Waals surface area (Å²) >= 11 is 0. The predicted octanol–water partition coefficient (Wildman–Crippen LogP) is 3.50. The molecule has 0 unspecified atom stereocenters. The van der Waals surface area contributed by atoms with Gasteiger partial charge < -0.3 is 5.32 Å². The number of rotatable bonds is 3. The minimum atomic E-state index is -0.382. The standard InChI is InChI=1S/C17H11FN5/c18-14-9-13(23-8-2-7-21-23)4-5-15(14)22-17-10-16-12(11-20-17)3-1-6-19-16/h1-5,7-11H,(H,20,22). The van der Waals surface area contributed by atoms with Crippen LogP contribution in [0.25, 0.3) is 16.6 Å². The lowest BCUT2D eigenvalue weighted by atomic mass is 10.2. The minimum absolute atomic E-state index is 0.340. The normalized spacial score (nSPS) is 10.8. The molecule has 0 atom stereocenters. The van der Waals surface area contributed by atoms with Crippen molar-refractivity contribution in [1.29, 1.82) is 0 Å². The van der Waals surface area contributed by atoms with Gasteiger partial charge in [-0.2, -0.15) is 5.10 Å². The van der Waals surface area contributed by atoms with Crippen LogP contribution < -0.4 is 5.32 Å². The van der Waals surface area contributed by atoms with Crippen LogP contribution >= 0.6 is 0 Å². The van der Waals surface area contributed by atoms with Gasteiger partial charge in [0.1, 0.15) is 11.6 Å². The Kier molecular flexibility index (Phi) is 3.20. The molecule has 1 aromatic carbocycles. The lowest BCUT2D eigenvalue weighted by molar-refractivity contribution is 0.629. The maximum Gasteiger partial charge on any atom is 0.148 e. The van der Waals surface area contributed by atoms with E-state index in [1.807, 2.05) is 6.07 Å². The Labute approximate surface area is 131 Å². The molecule has 6 heteroatoms. The van der Waals surface area contributed by atoms with E-state index in [0.717, 1.165) is 10.9 Å². The van der Waals surface area contributed by atoms with Gasteiger partial charge in [0.15, 0.2) is 0 Å². The van der Waals surface area contributed by atoms with Crippen LogP contribution in [0.3, 0.4) is 0 Å². The molecule has 3 heterocycles. The van der Waals surface area contributed by atoms with Crippen molar-refractivity contribution in [2.75, 3.05) is 5.32 Å². The number of hydrogen-bond acceptors (Lipinski definition) is 4. The van der Waals surface area contributed by atoms with Crippen molar-refractivity contribution < 1.29 is 4.39 Å². The van der Waals surface area contributed by atoms with Crippen LogP contribution in [0.5, 0.6) is 0 Å². The molecule has 3 aromatic heterocycles. The number of anilines is 2. The van der Waals surface area contributed by atoms with Crippen molar-refractivity contribution in [3.8, 4) is 5.69 Å². The maximum absolute atomic E-state index is 14.3. The molecule has 0 aliphatic rings. The summed E-state index contributed by atoms with van der Waals surface area (Å²) in [5.41, 5.74) is 1.74. The number of nitrogens with one attached hydrogen (secondary N) is 1. The Hall–Kier alpha value is -3.28. The number of pyridine rings is 2. The molecular weight excluding hydrogens is 293 g/mol. The molecule has 0 bridgehead atoms. The highest BCUT2D eigenvalue weighted by molar-refractivity contribution is 5.80. The van der Waals surface area contributed by atoms with Crippen LogP contribution in [-0.2, 0) is 0 Å². The van der Waals surface area contributed by atoms with Crippen molar-refractivity contribution in [3.05, 3.63) is 73.1 Å². The van der Waals surface area contributed by atoms with Gasteiger partial charge in [-0.3, -0.25) is 0 Å². The van der Waals surface area contributed by atoms with Crippen LogP contribution in [-0.4, -0.2) is 19.7 Å². The van der Waals surface area contributed by atoms with Crippen LogP contribution in [0.1, 0.15) is 0 Å². The molecule has 0 saturated carbocycles. The summed E-state index contributed by atoms with van der Waals surface area (Å²) in [6, 6.07) is 12.0. The van der Waals surface area contributed by atoms with E-state index < -0.39 is 0 Å². The smallest absolute Gasteiger partial charge is 0.148 e. The summed E-state index contributed by atoms with van der Waals surface area (Å²) in [7, 11) is 0. The fourth-order valence-corrected chi connectivity index (χ4v) is 2.29. The van der Waals surface area contributed by atoms with E-state index in [2.05, 4.69) is 26.6 Å². The fraction of sp³-hybridized carbons (Fsp3) is 0. The molecule has 1 radical (unpaired) electrons. The zero-order chi connectivity index (χ0) is 15.6. The Bertz CT molecular complexity index is 966. The highest BCUT2D eigenvalue weighted by Crippen LogP contribution is 2.22. The van der Waals surface area contributed by atoms with Crippen LogP contribution in [0.2, 0.25) is 0 Å². The molecule has 23 heavy (non-hydrogen) atoms. The van der Waals surface area contributed by atoms with E-state index >= 15 is 0 Å². The first-order valence-electron chi connectivity index (χ1n) is 6.99. The number of halogens is 1. The van der Waals surface area contributed by atoms with Crippen LogP contribution in [0, 0.1) is 12.0 Å². The molecule has 111 valence electrons. The van der Waals surface area contributed by atoms with Crippen molar-refractivity contribution in [2.45, 2.75) is 0 Å². The average Bonchev–Trinajstić information content (AvgIpc) is 3.11. The van der Waals surface area contributed by atoms with Gasteiger partial charge in [-0.15, -0.1) is 0 Å². The second-order valence-electron chi connectivity index (χ2n) is 4.94. The fourth-order valence-electron chi connectivity index (χ4n) is 2.29. The quantitative estimate of drug-likeness (QED) is 0.629. The first kappa shape index (κ1) is 13.4. The van der Waals surface area contributed by atoms with Gasteiger partial charge in [0.05, 0.1) is 23.1 Å². The van der Waals surface area contributed by atoms with Crippen molar-refractivity contribution in [3.63, 3.8) is 0 Å². The number of hydrogen-bond donors (Lipinski definition) is 1. The zero-order valence-corrected chi connectivity index (χ0v) is 11.9. The summed E-state index contributed by atoms with van der Waals surface area (Å²) < 4.78 is 15.9. The van der Waals surface area contributed by atoms with Crippen molar-refractivity contribution in [2.24, 2.45) is 0 Å². The van der Waals surface area contributed by atoms with Crippen LogP contribution in [0.15, 0.2) is 61.1 Å². The van der Waals surface area contributed by atoms with Gasteiger partial charge in [0.25, 0.3) is 0 Å². The molecule has 0 saturated heterocycles. The third-order valence-electron chi connectivity index (χ3n) is 3.42.